The summed E-state index contributed by atoms with van der Waals surface area (Å²) in [5.74, 6) is 1.60. The minimum absolute atomic E-state index is 0.0207. The van der Waals surface area contributed by atoms with E-state index < -0.39 is 0 Å². The molecule has 0 aliphatic carbocycles. The Morgan fingerprint density at radius 3 is 2.40 bits per heavy atom. The monoisotopic (exact) mass is 413 g/mol. The van der Waals surface area contributed by atoms with Crippen LogP contribution in [0.25, 0.3) is 0 Å². The van der Waals surface area contributed by atoms with Gasteiger partial charge in [-0.2, -0.15) is 0 Å². The first-order valence-electron chi connectivity index (χ1n) is 10.3. The van der Waals surface area contributed by atoms with Gasteiger partial charge >= 0.3 is 0 Å². The van der Waals surface area contributed by atoms with Crippen LogP contribution >= 0.6 is 0 Å². The fraction of sp³-hybridized carbons (Fsp3) is 0.435. The molecule has 2 aromatic carbocycles. The first-order chi connectivity index (χ1) is 14.6. The molecule has 1 heterocycles. The van der Waals surface area contributed by atoms with Crippen molar-refractivity contribution < 1.29 is 19.0 Å². The number of hydrogen-bond acceptors (Lipinski definition) is 6. The largest absolute Gasteiger partial charge is 0.497 e. The van der Waals surface area contributed by atoms with Crippen LogP contribution in [0, 0.1) is 0 Å². The lowest BCUT2D eigenvalue weighted by Crippen LogP contribution is -2.36. The van der Waals surface area contributed by atoms with Crippen molar-refractivity contribution in [2.45, 2.75) is 6.42 Å². The van der Waals surface area contributed by atoms with Crippen LogP contribution in [0.15, 0.2) is 48.5 Å². The van der Waals surface area contributed by atoms with E-state index in [1.54, 1.807) is 7.11 Å². The molecule has 0 spiro atoms. The van der Waals surface area contributed by atoms with Gasteiger partial charge < -0.3 is 24.4 Å². The standard InChI is InChI=1S/C23H31N3O4/c1-25(12-3-15-30-22-10-8-21(28-2)9-11-22)18-23(27)24-19-4-6-20(7-5-19)26-13-16-29-17-14-26/h4-11H,3,12-18H2,1-2H3,(H,24,27). The topological polar surface area (TPSA) is 63.3 Å². The summed E-state index contributed by atoms with van der Waals surface area (Å²) in [6.07, 6.45) is 0.837. The van der Waals surface area contributed by atoms with Crippen LogP contribution in [0.2, 0.25) is 0 Å². The second-order valence-corrected chi connectivity index (χ2v) is 7.31. The number of methoxy groups -OCH3 is 1. The molecule has 162 valence electrons. The predicted molar refractivity (Wildman–Crippen MR) is 119 cm³/mol. The predicted octanol–water partition coefficient (Wildman–Crippen LogP) is 2.87. The molecule has 0 aromatic heterocycles. The van der Waals surface area contributed by atoms with Crippen molar-refractivity contribution >= 4 is 17.3 Å². The number of carbonyl (C=O) groups excluding carboxylic acids is 1. The summed E-state index contributed by atoms with van der Waals surface area (Å²) < 4.78 is 16.2. The summed E-state index contributed by atoms with van der Waals surface area (Å²) in [4.78, 5) is 16.6. The Bertz CT molecular complexity index is 774. The zero-order valence-corrected chi connectivity index (χ0v) is 17.8. The van der Waals surface area contributed by atoms with Crippen molar-refractivity contribution in [3.8, 4) is 11.5 Å². The molecular formula is C23H31N3O4. The normalized spacial score (nSPS) is 13.9. The molecule has 0 bridgehead atoms. The number of benzene rings is 2. The van der Waals surface area contributed by atoms with Crippen LogP contribution in [0.1, 0.15) is 6.42 Å². The van der Waals surface area contributed by atoms with Crippen LogP contribution < -0.4 is 19.7 Å². The van der Waals surface area contributed by atoms with E-state index in [1.165, 1.54) is 0 Å². The smallest absolute Gasteiger partial charge is 0.238 e. The van der Waals surface area contributed by atoms with E-state index in [2.05, 4.69) is 10.2 Å². The lowest BCUT2D eigenvalue weighted by atomic mass is 10.2. The van der Waals surface area contributed by atoms with E-state index >= 15 is 0 Å². The number of hydrogen-bond donors (Lipinski definition) is 1. The number of likely N-dealkylation sites (N-methyl/N-ethyl adjacent to an activating group) is 1. The van der Waals surface area contributed by atoms with Crippen LogP contribution in [-0.4, -0.2) is 71.0 Å². The second kappa shape index (κ2) is 11.4. The Hall–Kier alpha value is -2.77. The van der Waals surface area contributed by atoms with Gasteiger partial charge in [0.05, 0.1) is 33.5 Å². The SMILES string of the molecule is COc1ccc(OCCCN(C)CC(=O)Nc2ccc(N3CCOCC3)cc2)cc1. The molecule has 3 rings (SSSR count). The van der Waals surface area contributed by atoms with Gasteiger partial charge in [0.25, 0.3) is 0 Å². The molecule has 1 aliphatic heterocycles. The summed E-state index contributed by atoms with van der Waals surface area (Å²) in [6, 6.07) is 15.5. The summed E-state index contributed by atoms with van der Waals surface area (Å²) in [6.45, 7) is 5.04. The van der Waals surface area contributed by atoms with Gasteiger partial charge in [0, 0.05) is 31.0 Å². The Morgan fingerprint density at radius 1 is 1.07 bits per heavy atom. The highest BCUT2D eigenvalue weighted by Gasteiger charge is 2.11. The summed E-state index contributed by atoms with van der Waals surface area (Å²) in [7, 11) is 3.58. The van der Waals surface area contributed by atoms with E-state index in [9.17, 15) is 4.79 Å². The molecule has 7 heteroatoms. The van der Waals surface area contributed by atoms with E-state index in [0.29, 0.717) is 13.2 Å². The average Bonchev–Trinajstić information content (AvgIpc) is 2.78. The summed E-state index contributed by atoms with van der Waals surface area (Å²) in [5, 5.41) is 2.96. The highest BCUT2D eigenvalue weighted by molar-refractivity contribution is 5.92. The first kappa shape index (κ1) is 21.9. The lowest BCUT2D eigenvalue weighted by molar-refractivity contribution is -0.117. The van der Waals surface area contributed by atoms with Crippen LogP contribution in [0.5, 0.6) is 11.5 Å². The maximum Gasteiger partial charge on any atom is 0.238 e. The first-order valence-corrected chi connectivity index (χ1v) is 10.3. The summed E-state index contributed by atoms with van der Waals surface area (Å²) >= 11 is 0. The van der Waals surface area contributed by atoms with E-state index in [4.69, 9.17) is 14.2 Å². The fourth-order valence-corrected chi connectivity index (χ4v) is 3.30. The van der Waals surface area contributed by atoms with Crippen molar-refractivity contribution in [3.63, 3.8) is 0 Å². The second-order valence-electron chi connectivity index (χ2n) is 7.31. The van der Waals surface area contributed by atoms with Gasteiger partial charge in [0.15, 0.2) is 0 Å². The number of amides is 1. The number of rotatable bonds is 10. The van der Waals surface area contributed by atoms with Gasteiger partial charge in [-0.25, -0.2) is 0 Å². The Labute approximate surface area is 178 Å². The zero-order valence-electron chi connectivity index (χ0n) is 17.8. The molecule has 0 saturated carbocycles. The molecule has 30 heavy (non-hydrogen) atoms. The molecule has 1 fully saturated rings. The van der Waals surface area contributed by atoms with Crippen molar-refractivity contribution in [3.05, 3.63) is 48.5 Å². The molecule has 1 amide bonds. The van der Waals surface area contributed by atoms with Gasteiger partial charge in [0.2, 0.25) is 5.91 Å². The average molecular weight is 414 g/mol. The summed E-state index contributed by atoms with van der Waals surface area (Å²) in [5.41, 5.74) is 1.97. The van der Waals surface area contributed by atoms with Gasteiger partial charge in [-0.05, 0) is 62.0 Å². The lowest BCUT2D eigenvalue weighted by Gasteiger charge is -2.28. The molecule has 0 atom stereocenters. The number of nitrogens with one attached hydrogen (secondary N) is 1. The van der Waals surface area contributed by atoms with E-state index in [-0.39, 0.29) is 5.91 Å². The third-order valence-electron chi connectivity index (χ3n) is 4.95. The number of ether oxygens (including phenoxy) is 3. The van der Waals surface area contributed by atoms with Gasteiger partial charge in [-0.1, -0.05) is 0 Å². The number of carbonyl (C=O) groups is 1. The quantitative estimate of drug-likeness (QED) is 0.605. The molecule has 1 aliphatic rings. The van der Waals surface area contributed by atoms with Crippen molar-refractivity contribution in [2.75, 3.05) is 70.4 Å². The molecule has 0 unspecified atom stereocenters. The molecule has 2 aromatic rings. The van der Waals surface area contributed by atoms with Crippen molar-refractivity contribution in [1.82, 2.24) is 4.90 Å². The number of nitrogens with zero attached hydrogens (tertiary/aromatic N) is 2. The van der Waals surface area contributed by atoms with Crippen LogP contribution in [0.4, 0.5) is 11.4 Å². The fourth-order valence-electron chi connectivity index (χ4n) is 3.30. The Morgan fingerprint density at radius 2 is 1.73 bits per heavy atom. The molecular weight excluding hydrogens is 382 g/mol. The van der Waals surface area contributed by atoms with Crippen molar-refractivity contribution in [2.24, 2.45) is 0 Å². The third-order valence-corrected chi connectivity index (χ3v) is 4.95. The maximum atomic E-state index is 12.3. The van der Waals surface area contributed by atoms with Crippen molar-refractivity contribution in [1.29, 1.82) is 0 Å². The minimum atomic E-state index is -0.0207. The van der Waals surface area contributed by atoms with E-state index in [1.807, 2.05) is 60.5 Å². The van der Waals surface area contributed by atoms with Crippen LogP contribution in [0.3, 0.4) is 0 Å². The third kappa shape index (κ3) is 6.93. The number of morpholine rings is 1. The molecule has 0 radical (unpaired) electrons. The van der Waals surface area contributed by atoms with Gasteiger partial charge in [0.1, 0.15) is 11.5 Å². The highest BCUT2D eigenvalue weighted by Crippen LogP contribution is 2.19. The minimum Gasteiger partial charge on any atom is -0.497 e. The Balaban J connectivity index is 1.33. The molecule has 1 saturated heterocycles. The number of anilines is 2. The maximum absolute atomic E-state index is 12.3. The van der Waals surface area contributed by atoms with E-state index in [0.717, 1.165) is 62.1 Å². The van der Waals surface area contributed by atoms with Crippen LogP contribution in [-0.2, 0) is 9.53 Å². The highest BCUT2D eigenvalue weighted by atomic mass is 16.5. The van der Waals surface area contributed by atoms with Gasteiger partial charge in [-0.15, -0.1) is 0 Å². The zero-order chi connectivity index (χ0) is 21.2. The van der Waals surface area contributed by atoms with Gasteiger partial charge in [-0.3, -0.25) is 9.69 Å². The Kier molecular flexibility index (Phi) is 8.35. The molecule has 1 N–H and O–H groups in total. The molecule has 7 nitrogen and oxygen atoms in total.